The van der Waals surface area contributed by atoms with Crippen molar-refractivity contribution < 1.29 is 13.3 Å². The van der Waals surface area contributed by atoms with Crippen LogP contribution in [-0.4, -0.2) is 5.16 Å². The number of benzene rings is 1. The Morgan fingerprint density at radius 3 is 2.67 bits per heavy atom. The number of nitrogens with zero attached hydrogens (tertiary/aromatic N) is 1. The van der Waals surface area contributed by atoms with Crippen LogP contribution in [0.3, 0.4) is 0 Å². The van der Waals surface area contributed by atoms with Gasteiger partial charge in [-0.15, -0.1) is 0 Å². The van der Waals surface area contributed by atoms with Gasteiger partial charge in [0, 0.05) is 11.5 Å². The van der Waals surface area contributed by atoms with Gasteiger partial charge < -0.3 is 4.52 Å². The van der Waals surface area contributed by atoms with E-state index in [2.05, 4.69) is 5.16 Å². The summed E-state index contributed by atoms with van der Waals surface area (Å²) in [7, 11) is 0. The maximum Gasteiger partial charge on any atom is 0.170 e. The van der Waals surface area contributed by atoms with Crippen LogP contribution < -0.4 is 0 Å². The summed E-state index contributed by atoms with van der Waals surface area (Å²) < 4.78 is 30.0. The fraction of sp³-hybridized carbons (Fsp3) is 0.125. The molecule has 12 heavy (non-hydrogen) atoms. The summed E-state index contributed by atoms with van der Waals surface area (Å²) >= 11 is 0. The summed E-state index contributed by atoms with van der Waals surface area (Å²) in [4.78, 5) is 0. The smallest absolute Gasteiger partial charge is 0.170 e. The van der Waals surface area contributed by atoms with Gasteiger partial charge >= 0.3 is 0 Å². The molecule has 1 aromatic heterocycles. The maximum atomic E-state index is 12.7. The molecule has 0 bridgehead atoms. The number of halogens is 2. The molecule has 1 heterocycles. The molecule has 0 unspecified atom stereocenters. The van der Waals surface area contributed by atoms with Crippen LogP contribution >= 0.6 is 0 Å². The van der Waals surface area contributed by atoms with Gasteiger partial charge in [-0.25, -0.2) is 8.78 Å². The fourth-order valence-corrected chi connectivity index (χ4v) is 1.05. The molecule has 0 radical (unpaired) electrons. The van der Waals surface area contributed by atoms with Gasteiger partial charge in [-0.2, -0.15) is 0 Å². The van der Waals surface area contributed by atoms with Crippen LogP contribution in [0.1, 0.15) is 5.69 Å². The second kappa shape index (κ2) is 2.27. The third-order valence-electron chi connectivity index (χ3n) is 1.69. The highest BCUT2D eigenvalue weighted by Gasteiger charge is 2.09. The lowest BCUT2D eigenvalue weighted by atomic mass is 10.2. The fourth-order valence-electron chi connectivity index (χ4n) is 1.05. The molecule has 1 aromatic carbocycles. The minimum absolute atomic E-state index is 0.270. The first-order valence-corrected chi connectivity index (χ1v) is 3.39. The topological polar surface area (TPSA) is 26.0 Å². The van der Waals surface area contributed by atoms with Crippen molar-refractivity contribution in [1.82, 2.24) is 5.16 Å². The number of aryl methyl sites for hydroxylation is 1. The Bertz CT molecular complexity index is 436. The second-order valence-corrected chi connectivity index (χ2v) is 2.53. The largest absolute Gasteiger partial charge is 0.356 e. The van der Waals surface area contributed by atoms with E-state index in [0.29, 0.717) is 11.1 Å². The zero-order chi connectivity index (χ0) is 8.72. The van der Waals surface area contributed by atoms with Crippen molar-refractivity contribution >= 4 is 11.0 Å². The van der Waals surface area contributed by atoms with Gasteiger partial charge in [0.15, 0.2) is 17.2 Å². The van der Waals surface area contributed by atoms with Crippen LogP contribution in [0.5, 0.6) is 0 Å². The number of hydrogen-bond acceptors (Lipinski definition) is 2. The molecule has 0 aliphatic carbocycles. The predicted octanol–water partition coefficient (Wildman–Crippen LogP) is 2.41. The van der Waals surface area contributed by atoms with Gasteiger partial charge in [-0.3, -0.25) is 0 Å². The first kappa shape index (κ1) is 7.21. The van der Waals surface area contributed by atoms with E-state index in [9.17, 15) is 8.78 Å². The lowest BCUT2D eigenvalue weighted by Gasteiger charge is -1.90. The highest BCUT2D eigenvalue weighted by atomic mass is 19.2. The summed E-state index contributed by atoms with van der Waals surface area (Å²) in [5.74, 6) is -1.80. The third-order valence-corrected chi connectivity index (χ3v) is 1.69. The van der Waals surface area contributed by atoms with Gasteiger partial charge in [0.2, 0.25) is 0 Å². The van der Waals surface area contributed by atoms with Crippen molar-refractivity contribution in [2.24, 2.45) is 0 Å². The predicted molar refractivity (Wildman–Crippen MR) is 38.7 cm³/mol. The summed E-state index contributed by atoms with van der Waals surface area (Å²) in [6, 6.07) is 2.07. The maximum absolute atomic E-state index is 12.7. The van der Waals surface area contributed by atoms with E-state index in [1.807, 2.05) is 0 Å². The summed E-state index contributed by atoms with van der Waals surface area (Å²) in [5, 5.41) is 4.08. The quantitative estimate of drug-likeness (QED) is 0.605. The zero-order valence-corrected chi connectivity index (χ0v) is 6.27. The van der Waals surface area contributed by atoms with Gasteiger partial charge in [0.05, 0.1) is 5.69 Å². The molecule has 0 aliphatic heterocycles. The lowest BCUT2D eigenvalue weighted by Crippen LogP contribution is -1.81. The Labute approximate surface area is 66.8 Å². The van der Waals surface area contributed by atoms with E-state index in [0.717, 1.165) is 12.1 Å². The van der Waals surface area contributed by atoms with E-state index in [-0.39, 0.29) is 5.58 Å². The van der Waals surface area contributed by atoms with Crippen LogP contribution in [0.4, 0.5) is 8.78 Å². The Kier molecular flexibility index (Phi) is 1.36. The number of hydrogen-bond donors (Lipinski definition) is 0. The van der Waals surface area contributed by atoms with Gasteiger partial charge in [-0.05, 0) is 13.0 Å². The van der Waals surface area contributed by atoms with Crippen LogP contribution in [-0.2, 0) is 0 Å². The first-order valence-electron chi connectivity index (χ1n) is 3.39. The molecule has 0 amide bonds. The van der Waals surface area contributed by atoms with E-state index >= 15 is 0 Å². The molecule has 0 saturated heterocycles. The van der Waals surface area contributed by atoms with Crippen LogP contribution in [0.25, 0.3) is 11.0 Å². The van der Waals surface area contributed by atoms with Crippen molar-refractivity contribution in [2.45, 2.75) is 6.92 Å². The van der Waals surface area contributed by atoms with Crippen molar-refractivity contribution in [2.75, 3.05) is 0 Å². The third kappa shape index (κ3) is 0.879. The molecule has 4 heteroatoms. The highest BCUT2D eigenvalue weighted by Crippen LogP contribution is 2.20. The zero-order valence-electron chi connectivity index (χ0n) is 6.27. The van der Waals surface area contributed by atoms with Crippen LogP contribution in [0.2, 0.25) is 0 Å². The standard InChI is InChI=1S/C8H5F2NO/c1-4-5-2-6(9)7(10)3-8(5)12-11-4/h2-3H,1H3. The molecule has 0 spiro atoms. The first-order chi connectivity index (χ1) is 5.68. The van der Waals surface area contributed by atoms with Crippen molar-refractivity contribution in [3.63, 3.8) is 0 Å². The average Bonchev–Trinajstić information content (AvgIpc) is 2.35. The molecule has 0 fully saturated rings. The average molecular weight is 169 g/mol. The minimum Gasteiger partial charge on any atom is -0.356 e. The number of fused-ring (bicyclic) bond motifs is 1. The number of aromatic nitrogens is 1. The van der Waals surface area contributed by atoms with E-state index in [1.165, 1.54) is 0 Å². The van der Waals surface area contributed by atoms with E-state index < -0.39 is 11.6 Å². The molecule has 0 saturated carbocycles. The minimum atomic E-state index is -0.918. The number of rotatable bonds is 0. The van der Waals surface area contributed by atoms with Gasteiger partial charge in [0.25, 0.3) is 0 Å². The summed E-state index contributed by atoms with van der Waals surface area (Å²) in [6.45, 7) is 1.67. The van der Waals surface area contributed by atoms with Crippen molar-refractivity contribution in [3.05, 3.63) is 29.5 Å². The molecular weight excluding hydrogens is 164 g/mol. The SMILES string of the molecule is Cc1noc2cc(F)c(F)cc12. The Morgan fingerprint density at radius 1 is 1.25 bits per heavy atom. The lowest BCUT2D eigenvalue weighted by molar-refractivity contribution is 0.446. The van der Waals surface area contributed by atoms with E-state index in [1.54, 1.807) is 6.92 Å². The highest BCUT2D eigenvalue weighted by molar-refractivity contribution is 5.79. The van der Waals surface area contributed by atoms with Crippen molar-refractivity contribution in [1.29, 1.82) is 0 Å². The van der Waals surface area contributed by atoms with Gasteiger partial charge in [0.1, 0.15) is 0 Å². The molecule has 2 nitrogen and oxygen atoms in total. The molecule has 0 aliphatic rings. The molecule has 0 atom stereocenters. The van der Waals surface area contributed by atoms with Crippen molar-refractivity contribution in [3.8, 4) is 0 Å². The Balaban J connectivity index is 2.87. The summed E-state index contributed by atoms with van der Waals surface area (Å²) in [6.07, 6.45) is 0. The van der Waals surface area contributed by atoms with Crippen LogP contribution in [0.15, 0.2) is 16.7 Å². The summed E-state index contributed by atoms with van der Waals surface area (Å²) in [5.41, 5.74) is 0.829. The van der Waals surface area contributed by atoms with Crippen LogP contribution in [0, 0.1) is 18.6 Å². The monoisotopic (exact) mass is 169 g/mol. The van der Waals surface area contributed by atoms with Gasteiger partial charge in [-0.1, -0.05) is 5.16 Å². The molecule has 0 N–H and O–H groups in total. The Morgan fingerprint density at radius 2 is 1.92 bits per heavy atom. The normalized spacial score (nSPS) is 10.9. The molecular formula is C8H5F2NO. The molecule has 2 rings (SSSR count). The van der Waals surface area contributed by atoms with E-state index in [4.69, 9.17) is 4.52 Å². The second-order valence-electron chi connectivity index (χ2n) is 2.53. The Hall–Kier alpha value is -1.45. The molecule has 62 valence electrons. The molecule has 2 aromatic rings.